The summed E-state index contributed by atoms with van der Waals surface area (Å²) in [6, 6.07) is 8.23. The lowest BCUT2D eigenvalue weighted by Crippen LogP contribution is -2.23. The normalized spacial score (nSPS) is 11.3. The molecule has 2 aromatic heterocycles. The van der Waals surface area contributed by atoms with E-state index in [-0.39, 0.29) is 0 Å². The van der Waals surface area contributed by atoms with Crippen molar-refractivity contribution in [1.29, 1.82) is 0 Å². The number of aromatic amines is 1. The minimum absolute atomic E-state index is 0.680. The fourth-order valence-corrected chi connectivity index (χ4v) is 2.66. The smallest absolute Gasteiger partial charge is 0.151 e. The number of hydrazone groups is 1. The van der Waals surface area contributed by atoms with Crippen molar-refractivity contribution in [3.63, 3.8) is 0 Å². The molecular formula is C18H22N6. The zero-order chi connectivity index (χ0) is 16.9. The first-order valence-electron chi connectivity index (χ1n) is 8.15. The summed E-state index contributed by atoms with van der Waals surface area (Å²) in [5, 5.41) is 5.47. The molecule has 6 nitrogen and oxygen atoms in total. The van der Waals surface area contributed by atoms with Crippen molar-refractivity contribution < 1.29 is 0 Å². The monoisotopic (exact) mass is 322 g/mol. The first-order chi connectivity index (χ1) is 11.7. The van der Waals surface area contributed by atoms with Crippen LogP contribution in [0.5, 0.6) is 0 Å². The van der Waals surface area contributed by atoms with Crippen molar-refractivity contribution in [2.24, 2.45) is 5.10 Å². The first kappa shape index (κ1) is 16.0. The Kier molecular flexibility index (Phi) is 4.74. The zero-order valence-corrected chi connectivity index (χ0v) is 14.2. The highest BCUT2D eigenvalue weighted by Gasteiger charge is 2.05. The topological polar surface area (TPSA) is 69.2 Å². The average Bonchev–Trinajstić information content (AvgIpc) is 2.99. The number of benzene rings is 1. The third-order valence-electron chi connectivity index (χ3n) is 3.99. The summed E-state index contributed by atoms with van der Waals surface area (Å²) in [5.41, 5.74) is 6.36. The molecule has 0 saturated carbocycles. The fraction of sp³-hybridized carbons (Fsp3) is 0.278. The molecule has 0 radical (unpaired) electrons. The SMILES string of the molecule is CCN(CC)c1cc(N/N=C/c2c[nH]c3ccc(C)cc23)ncn1. The number of anilines is 2. The van der Waals surface area contributed by atoms with Gasteiger partial charge in [-0.15, -0.1) is 0 Å². The zero-order valence-electron chi connectivity index (χ0n) is 14.2. The maximum absolute atomic E-state index is 4.31. The first-order valence-corrected chi connectivity index (χ1v) is 8.15. The molecular weight excluding hydrogens is 300 g/mol. The Hall–Kier alpha value is -2.89. The van der Waals surface area contributed by atoms with Crippen LogP contribution in [0.25, 0.3) is 10.9 Å². The van der Waals surface area contributed by atoms with E-state index in [4.69, 9.17) is 0 Å². The molecule has 6 heteroatoms. The Morgan fingerprint density at radius 3 is 2.83 bits per heavy atom. The lowest BCUT2D eigenvalue weighted by molar-refractivity contribution is 0.841. The minimum atomic E-state index is 0.680. The van der Waals surface area contributed by atoms with Crippen molar-refractivity contribution in [2.45, 2.75) is 20.8 Å². The summed E-state index contributed by atoms with van der Waals surface area (Å²) in [6.07, 6.45) is 5.31. The lowest BCUT2D eigenvalue weighted by atomic mass is 10.1. The van der Waals surface area contributed by atoms with Crippen molar-refractivity contribution in [3.05, 3.63) is 47.9 Å². The second kappa shape index (κ2) is 7.12. The molecule has 2 heterocycles. The van der Waals surface area contributed by atoms with Gasteiger partial charge in [-0.1, -0.05) is 11.6 Å². The van der Waals surface area contributed by atoms with Crippen LogP contribution >= 0.6 is 0 Å². The van der Waals surface area contributed by atoms with E-state index in [1.807, 2.05) is 12.3 Å². The van der Waals surface area contributed by atoms with Gasteiger partial charge in [0.25, 0.3) is 0 Å². The summed E-state index contributed by atoms with van der Waals surface area (Å²) < 4.78 is 0. The van der Waals surface area contributed by atoms with Gasteiger partial charge in [-0.05, 0) is 32.9 Å². The molecule has 3 aromatic rings. The van der Waals surface area contributed by atoms with E-state index in [1.54, 1.807) is 12.5 Å². The third-order valence-corrected chi connectivity index (χ3v) is 3.99. The molecule has 0 bridgehead atoms. The number of aryl methyl sites for hydroxylation is 1. The Balaban J connectivity index is 1.76. The van der Waals surface area contributed by atoms with Gasteiger partial charge in [-0.3, -0.25) is 5.43 Å². The lowest BCUT2D eigenvalue weighted by Gasteiger charge is -2.19. The molecule has 0 aliphatic rings. The molecule has 0 unspecified atom stereocenters. The van der Waals surface area contributed by atoms with Crippen LogP contribution < -0.4 is 10.3 Å². The molecule has 1 aromatic carbocycles. The summed E-state index contributed by atoms with van der Waals surface area (Å²) in [6.45, 7) is 8.11. The van der Waals surface area contributed by atoms with Crippen LogP contribution in [0.4, 0.5) is 11.6 Å². The number of nitrogens with zero attached hydrogens (tertiary/aromatic N) is 4. The number of H-pyrrole nitrogens is 1. The standard InChI is InChI=1S/C18H22N6/c1-4-24(5-2)18-9-17(20-12-21-18)23-22-11-14-10-19-16-7-6-13(3)8-15(14)16/h6-12,19H,4-5H2,1-3H3,(H,20,21,23)/b22-11+. The van der Waals surface area contributed by atoms with Crippen LogP contribution in [0.1, 0.15) is 25.0 Å². The van der Waals surface area contributed by atoms with Crippen LogP contribution in [-0.2, 0) is 0 Å². The highest BCUT2D eigenvalue weighted by atomic mass is 15.3. The van der Waals surface area contributed by atoms with Gasteiger partial charge in [0.1, 0.15) is 12.1 Å². The van der Waals surface area contributed by atoms with E-state index in [9.17, 15) is 0 Å². The van der Waals surface area contributed by atoms with Gasteiger partial charge in [0, 0.05) is 41.8 Å². The summed E-state index contributed by atoms with van der Waals surface area (Å²) in [5.74, 6) is 1.58. The predicted octanol–water partition coefficient (Wildman–Crippen LogP) is 3.56. The van der Waals surface area contributed by atoms with Crippen molar-refractivity contribution in [1.82, 2.24) is 15.0 Å². The number of nitrogens with one attached hydrogen (secondary N) is 2. The van der Waals surface area contributed by atoms with E-state index in [0.29, 0.717) is 5.82 Å². The molecule has 0 amide bonds. The van der Waals surface area contributed by atoms with Crippen LogP contribution in [0.15, 0.2) is 41.9 Å². The molecule has 2 N–H and O–H groups in total. The molecule has 0 saturated heterocycles. The van der Waals surface area contributed by atoms with Gasteiger partial charge in [-0.25, -0.2) is 9.97 Å². The van der Waals surface area contributed by atoms with Gasteiger partial charge in [0.15, 0.2) is 5.82 Å². The molecule has 124 valence electrons. The second-order valence-electron chi connectivity index (χ2n) is 5.60. The summed E-state index contributed by atoms with van der Waals surface area (Å²) in [7, 11) is 0. The summed E-state index contributed by atoms with van der Waals surface area (Å²) in [4.78, 5) is 13.9. The van der Waals surface area contributed by atoms with Gasteiger partial charge in [0.05, 0.1) is 6.21 Å². The Morgan fingerprint density at radius 2 is 2.04 bits per heavy atom. The van der Waals surface area contributed by atoms with Crippen molar-refractivity contribution >= 4 is 28.8 Å². The number of fused-ring (bicyclic) bond motifs is 1. The highest BCUT2D eigenvalue weighted by molar-refractivity contribution is 5.99. The number of hydrogen-bond donors (Lipinski definition) is 2. The van der Waals surface area contributed by atoms with Crippen molar-refractivity contribution in [3.8, 4) is 0 Å². The Bertz CT molecular complexity index is 848. The third kappa shape index (κ3) is 3.37. The Labute approximate surface area is 141 Å². The van der Waals surface area contributed by atoms with E-state index in [0.717, 1.165) is 35.4 Å². The largest absolute Gasteiger partial charge is 0.361 e. The van der Waals surface area contributed by atoms with Gasteiger partial charge < -0.3 is 9.88 Å². The Morgan fingerprint density at radius 1 is 1.21 bits per heavy atom. The second-order valence-corrected chi connectivity index (χ2v) is 5.60. The van der Waals surface area contributed by atoms with Crippen LogP contribution in [-0.4, -0.2) is 34.3 Å². The maximum atomic E-state index is 4.31. The minimum Gasteiger partial charge on any atom is -0.361 e. The summed E-state index contributed by atoms with van der Waals surface area (Å²) >= 11 is 0. The van der Waals surface area contributed by atoms with E-state index in [2.05, 4.69) is 69.3 Å². The van der Waals surface area contributed by atoms with Gasteiger partial charge >= 0.3 is 0 Å². The van der Waals surface area contributed by atoms with Crippen molar-refractivity contribution in [2.75, 3.05) is 23.4 Å². The van der Waals surface area contributed by atoms with E-state index >= 15 is 0 Å². The molecule has 0 aliphatic heterocycles. The molecule has 0 aliphatic carbocycles. The highest BCUT2D eigenvalue weighted by Crippen LogP contribution is 2.18. The number of aromatic nitrogens is 3. The molecule has 0 spiro atoms. The van der Waals surface area contributed by atoms with Crippen LogP contribution in [0.3, 0.4) is 0 Å². The average molecular weight is 322 g/mol. The maximum Gasteiger partial charge on any atom is 0.151 e. The van der Waals surface area contributed by atoms with Crippen LogP contribution in [0, 0.1) is 6.92 Å². The molecule has 3 rings (SSSR count). The quantitative estimate of drug-likeness (QED) is 0.538. The number of hydrogen-bond acceptors (Lipinski definition) is 5. The van der Waals surface area contributed by atoms with Gasteiger partial charge in [0.2, 0.25) is 0 Å². The van der Waals surface area contributed by atoms with E-state index in [1.165, 1.54) is 5.56 Å². The molecule has 24 heavy (non-hydrogen) atoms. The van der Waals surface area contributed by atoms with E-state index < -0.39 is 0 Å². The number of rotatable bonds is 6. The molecule has 0 atom stereocenters. The predicted molar refractivity (Wildman–Crippen MR) is 99.8 cm³/mol. The van der Waals surface area contributed by atoms with Gasteiger partial charge in [-0.2, -0.15) is 5.10 Å². The van der Waals surface area contributed by atoms with Crippen LogP contribution in [0.2, 0.25) is 0 Å². The molecule has 0 fully saturated rings. The fourth-order valence-electron chi connectivity index (χ4n) is 2.66.